The van der Waals surface area contributed by atoms with Gasteiger partial charge >= 0.3 is 0 Å². The molecule has 2 aromatic rings. The van der Waals surface area contributed by atoms with Crippen molar-refractivity contribution < 1.29 is 4.74 Å². The zero-order valence-electron chi connectivity index (χ0n) is 11.6. The molecule has 0 aliphatic carbocycles. The molecule has 0 atom stereocenters. The number of rotatable bonds is 4. The van der Waals surface area contributed by atoms with Crippen LogP contribution in [0.5, 0.6) is 5.75 Å². The van der Waals surface area contributed by atoms with Gasteiger partial charge in [-0.2, -0.15) is 0 Å². The molecule has 2 rings (SSSR count). The van der Waals surface area contributed by atoms with Crippen LogP contribution < -0.4 is 10.5 Å². The highest BCUT2D eigenvalue weighted by molar-refractivity contribution is 7.98. The fraction of sp³-hybridized carbons (Fsp3) is 0.250. The van der Waals surface area contributed by atoms with E-state index in [4.69, 9.17) is 10.5 Å². The van der Waals surface area contributed by atoms with Gasteiger partial charge in [0.1, 0.15) is 5.75 Å². The molecule has 0 fully saturated rings. The first-order chi connectivity index (χ1) is 9.10. The molecular weight excluding hydrogens is 254 g/mol. The highest BCUT2D eigenvalue weighted by atomic mass is 32.2. The number of hydrogen-bond donors (Lipinski definition) is 1. The molecule has 100 valence electrons. The van der Waals surface area contributed by atoms with Crippen molar-refractivity contribution in [3.8, 4) is 5.75 Å². The van der Waals surface area contributed by atoms with Crippen molar-refractivity contribution in [1.82, 2.24) is 0 Å². The molecule has 3 heteroatoms. The first-order valence-corrected chi connectivity index (χ1v) is 7.21. The summed E-state index contributed by atoms with van der Waals surface area (Å²) in [5, 5.41) is 0. The van der Waals surface area contributed by atoms with Crippen molar-refractivity contribution in [2.75, 3.05) is 12.8 Å². The molecule has 0 radical (unpaired) electrons. The van der Waals surface area contributed by atoms with E-state index in [0.717, 1.165) is 17.2 Å². The second-order valence-electron chi connectivity index (χ2n) is 4.63. The molecule has 19 heavy (non-hydrogen) atoms. The molecular formula is C16H19NOS. The highest BCUT2D eigenvalue weighted by Gasteiger charge is 2.06. The Kier molecular flexibility index (Phi) is 4.38. The Balaban J connectivity index is 2.18. The Morgan fingerprint density at radius 3 is 2.63 bits per heavy atom. The molecule has 0 saturated carbocycles. The Hall–Kier alpha value is -1.61. The van der Waals surface area contributed by atoms with Gasteiger partial charge in [0.2, 0.25) is 0 Å². The second-order valence-corrected chi connectivity index (χ2v) is 5.65. The molecule has 0 aromatic heterocycles. The highest BCUT2D eigenvalue weighted by Crippen LogP contribution is 2.31. The molecule has 2 N–H and O–H groups in total. The largest absolute Gasteiger partial charge is 0.496 e. The second kappa shape index (κ2) is 6.02. The summed E-state index contributed by atoms with van der Waals surface area (Å²) < 4.78 is 5.40. The lowest BCUT2D eigenvalue weighted by atomic mass is 10.1. The van der Waals surface area contributed by atoms with E-state index in [0.29, 0.717) is 0 Å². The summed E-state index contributed by atoms with van der Waals surface area (Å²) >= 11 is 1.79. The average molecular weight is 273 g/mol. The maximum Gasteiger partial charge on any atom is 0.122 e. The van der Waals surface area contributed by atoms with E-state index < -0.39 is 0 Å². The van der Waals surface area contributed by atoms with Crippen LogP contribution in [0.1, 0.15) is 16.7 Å². The summed E-state index contributed by atoms with van der Waals surface area (Å²) in [7, 11) is 1.71. The van der Waals surface area contributed by atoms with E-state index in [2.05, 4.69) is 32.0 Å². The molecule has 0 unspecified atom stereocenters. The Morgan fingerprint density at radius 1 is 1.11 bits per heavy atom. The number of aryl methyl sites for hydroxylation is 2. The number of anilines is 1. The van der Waals surface area contributed by atoms with E-state index in [-0.39, 0.29) is 0 Å². The van der Waals surface area contributed by atoms with Crippen LogP contribution in [0, 0.1) is 13.8 Å². The van der Waals surface area contributed by atoms with Crippen molar-refractivity contribution in [3.05, 3.63) is 53.1 Å². The number of benzene rings is 2. The van der Waals surface area contributed by atoms with Gasteiger partial charge in [0.15, 0.2) is 0 Å². The lowest BCUT2D eigenvalue weighted by Gasteiger charge is -2.11. The lowest BCUT2D eigenvalue weighted by Crippen LogP contribution is -1.92. The van der Waals surface area contributed by atoms with E-state index in [1.807, 2.05) is 18.2 Å². The third-order valence-electron chi connectivity index (χ3n) is 3.03. The molecule has 0 bridgehead atoms. The summed E-state index contributed by atoms with van der Waals surface area (Å²) in [6, 6.07) is 12.3. The fourth-order valence-electron chi connectivity index (χ4n) is 1.95. The quantitative estimate of drug-likeness (QED) is 0.670. The lowest BCUT2D eigenvalue weighted by molar-refractivity contribution is 0.411. The first-order valence-electron chi connectivity index (χ1n) is 6.22. The molecule has 0 amide bonds. The zero-order valence-corrected chi connectivity index (χ0v) is 12.4. The Morgan fingerprint density at radius 2 is 1.89 bits per heavy atom. The number of ether oxygens (including phenoxy) is 1. The van der Waals surface area contributed by atoms with Crippen LogP contribution in [0.3, 0.4) is 0 Å². The van der Waals surface area contributed by atoms with Crippen molar-refractivity contribution in [2.24, 2.45) is 0 Å². The molecule has 0 aliphatic heterocycles. The van der Waals surface area contributed by atoms with Crippen molar-refractivity contribution in [1.29, 1.82) is 0 Å². The summed E-state index contributed by atoms with van der Waals surface area (Å²) in [6.07, 6.45) is 0. The van der Waals surface area contributed by atoms with Crippen LogP contribution in [0.15, 0.2) is 41.3 Å². The van der Waals surface area contributed by atoms with E-state index in [1.165, 1.54) is 21.6 Å². The smallest absolute Gasteiger partial charge is 0.122 e. The topological polar surface area (TPSA) is 35.2 Å². The Labute approximate surface area is 119 Å². The molecule has 0 aliphatic rings. The van der Waals surface area contributed by atoms with Crippen LogP contribution in [0.4, 0.5) is 5.69 Å². The molecule has 2 aromatic carbocycles. The summed E-state index contributed by atoms with van der Waals surface area (Å²) in [6.45, 7) is 4.20. The average Bonchev–Trinajstić information content (AvgIpc) is 2.40. The normalized spacial score (nSPS) is 10.5. The van der Waals surface area contributed by atoms with Gasteiger partial charge < -0.3 is 10.5 Å². The molecule has 0 saturated heterocycles. The summed E-state index contributed by atoms with van der Waals surface area (Å²) in [5.41, 5.74) is 10.4. The maximum absolute atomic E-state index is 5.84. The number of methoxy groups -OCH3 is 1. The monoisotopic (exact) mass is 273 g/mol. The van der Waals surface area contributed by atoms with Gasteiger partial charge in [-0.25, -0.2) is 0 Å². The van der Waals surface area contributed by atoms with Crippen molar-refractivity contribution >= 4 is 17.4 Å². The van der Waals surface area contributed by atoms with Crippen LogP contribution >= 0.6 is 11.8 Å². The van der Waals surface area contributed by atoms with Gasteiger partial charge in [-0.05, 0) is 37.6 Å². The molecule has 2 nitrogen and oxygen atoms in total. The third-order valence-corrected chi connectivity index (χ3v) is 4.24. The minimum absolute atomic E-state index is 0.810. The number of hydrogen-bond acceptors (Lipinski definition) is 3. The van der Waals surface area contributed by atoms with Gasteiger partial charge in [-0.3, -0.25) is 0 Å². The maximum atomic E-state index is 5.84. The first kappa shape index (κ1) is 13.8. The third kappa shape index (κ3) is 3.44. The molecule has 0 heterocycles. The van der Waals surface area contributed by atoms with Gasteiger partial charge in [0.05, 0.1) is 7.11 Å². The molecule has 0 spiro atoms. The van der Waals surface area contributed by atoms with Gasteiger partial charge in [0.25, 0.3) is 0 Å². The van der Waals surface area contributed by atoms with Crippen LogP contribution in [-0.4, -0.2) is 7.11 Å². The zero-order chi connectivity index (χ0) is 13.8. The van der Waals surface area contributed by atoms with E-state index >= 15 is 0 Å². The minimum atomic E-state index is 0.810. The van der Waals surface area contributed by atoms with Crippen molar-refractivity contribution in [2.45, 2.75) is 24.5 Å². The fourth-order valence-corrected chi connectivity index (χ4v) is 3.00. The predicted molar refractivity (Wildman–Crippen MR) is 82.9 cm³/mol. The minimum Gasteiger partial charge on any atom is -0.496 e. The number of nitrogen functional groups attached to an aromatic ring is 1. The predicted octanol–water partition coefficient (Wildman–Crippen LogP) is 4.19. The summed E-state index contributed by atoms with van der Waals surface area (Å²) in [5.74, 6) is 1.83. The van der Waals surface area contributed by atoms with Crippen LogP contribution in [-0.2, 0) is 5.75 Å². The van der Waals surface area contributed by atoms with Crippen molar-refractivity contribution in [3.63, 3.8) is 0 Å². The van der Waals surface area contributed by atoms with E-state index in [1.54, 1.807) is 18.9 Å². The standard InChI is InChI=1S/C16H19NOS/c1-11-4-7-15(18-3)13(8-11)10-19-16-9-14(17)6-5-12(16)2/h4-9H,10,17H2,1-3H3. The van der Waals surface area contributed by atoms with Gasteiger partial charge in [-0.15, -0.1) is 11.8 Å². The SMILES string of the molecule is COc1ccc(C)cc1CSc1cc(N)ccc1C. The number of nitrogens with two attached hydrogens (primary N) is 1. The van der Waals surface area contributed by atoms with Crippen LogP contribution in [0.2, 0.25) is 0 Å². The summed E-state index contributed by atoms with van der Waals surface area (Å²) in [4.78, 5) is 1.23. The number of thioether (sulfide) groups is 1. The Bertz CT molecular complexity index is 581. The van der Waals surface area contributed by atoms with Gasteiger partial charge in [0, 0.05) is 21.9 Å². The van der Waals surface area contributed by atoms with E-state index in [9.17, 15) is 0 Å². The van der Waals surface area contributed by atoms with Crippen LogP contribution in [0.25, 0.3) is 0 Å². The van der Waals surface area contributed by atoms with Gasteiger partial charge in [-0.1, -0.05) is 23.8 Å².